The van der Waals surface area contributed by atoms with Crippen molar-refractivity contribution in [1.82, 2.24) is 0 Å². The summed E-state index contributed by atoms with van der Waals surface area (Å²) in [6.45, 7) is 19.0. The molecular formula is C47H48Zr. The Balaban J connectivity index is 1.61. The fraction of sp³-hybridized carbons (Fsp3) is 0.255. The van der Waals surface area contributed by atoms with E-state index in [0.29, 0.717) is 0 Å². The minimum absolute atomic E-state index is 0.0136. The summed E-state index contributed by atoms with van der Waals surface area (Å²) in [5.74, 6) is 0. The summed E-state index contributed by atoms with van der Waals surface area (Å²) >= 11 is -2.71. The molecule has 240 valence electrons. The van der Waals surface area contributed by atoms with Crippen molar-refractivity contribution in [3.05, 3.63) is 158 Å². The first-order chi connectivity index (χ1) is 22.9. The topological polar surface area (TPSA) is 0 Å². The Morgan fingerprint density at radius 1 is 0.646 bits per heavy atom. The number of rotatable bonds is 5. The Morgan fingerprint density at radius 2 is 1.25 bits per heavy atom. The normalized spacial score (nSPS) is 14.5. The zero-order valence-electron chi connectivity index (χ0n) is 30.0. The van der Waals surface area contributed by atoms with Crippen LogP contribution in [0.25, 0.3) is 33.4 Å². The Bertz CT molecular complexity index is 2110. The van der Waals surface area contributed by atoms with Crippen LogP contribution >= 0.6 is 0 Å². The summed E-state index contributed by atoms with van der Waals surface area (Å²) in [7, 11) is 0. The molecule has 0 N–H and O–H groups in total. The van der Waals surface area contributed by atoms with Gasteiger partial charge in [-0.3, -0.25) is 0 Å². The van der Waals surface area contributed by atoms with E-state index in [1.54, 1.807) is 15.3 Å². The molecule has 0 atom stereocenters. The van der Waals surface area contributed by atoms with E-state index in [9.17, 15) is 0 Å². The minimum atomic E-state index is -2.71. The van der Waals surface area contributed by atoms with Crippen molar-refractivity contribution in [1.29, 1.82) is 0 Å². The predicted octanol–water partition coefficient (Wildman–Crippen LogP) is 11.8. The third kappa shape index (κ3) is 6.05. The van der Waals surface area contributed by atoms with E-state index in [1.165, 1.54) is 61.2 Å². The van der Waals surface area contributed by atoms with Crippen LogP contribution in [0.1, 0.15) is 88.3 Å². The number of aryl methyl sites for hydroxylation is 1. The molecule has 7 rings (SSSR count). The van der Waals surface area contributed by atoms with Gasteiger partial charge in [0.1, 0.15) is 0 Å². The van der Waals surface area contributed by atoms with Gasteiger partial charge in [0, 0.05) is 0 Å². The SMILES string of the molecule is C/[C](c1ccc(C)cc1)=[Zr](\[C]1=CC=CC1)[c]1c2c(cc(C(C)(C)C)c1-c1ccccc1)-c1cc(C(C)(C)C)c(-c3ccccc3)cc1C2. The Kier molecular flexibility index (Phi) is 8.66. The van der Waals surface area contributed by atoms with Crippen LogP contribution in [-0.4, -0.2) is 3.21 Å². The fourth-order valence-electron chi connectivity index (χ4n) is 7.80. The van der Waals surface area contributed by atoms with Crippen LogP contribution in [-0.2, 0) is 38.5 Å². The van der Waals surface area contributed by atoms with E-state index < -0.39 is 21.3 Å². The van der Waals surface area contributed by atoms with E-state index in [2.05, 4.69) is 177 Å². The third-order valence-electron chi connectivity index (χ3n) is 10.3. The van der Waals surface area contributed by atoms with Crippen LogP contribution in [0.5, 0.6) is 0 Å². The summed E-state index contributed by atoms with van der Waals surface area (Å²) in [4.78, 5) is 0. The molecule has 1 heteroatoms. The standard InChI is InChI=1S/C33H33.C9H10.C5H5.Zr/c1-32(2,3)30-20-26-24(18-28(30)22-13-9-7-10-14-22)17-25-19-29(23-15-11-8-12-16-23)31(21-27(25)26)33(4,5)6;1-3-9-6-4-8(2)5-7-9;1-2-4-5-3-1;/h7-16,18,20-21H,17H2,1-6H3;4-7H,1-2H3;1-3H,4H2;. The molecule has 0 aromatic heterocycles. The van der Waals surface area contributed by atoms with Crippen molar-refractivity contribution in [2.24, 2.45) is 0 Å². The predicted molar refractivity (Wildman–Crippen MR) is 205 cm³/mol. The van der Waals surface area contributed by atoms with Crippen molar-refractivity contribution in [2.75, 3.05) is 0 Å². The summed E-state index contributed by atoms with van der Waals surface area (Å²) in [5.41, 5.74) is 17.1. The Morgan fingerprint density at radius 3 is 1.83 bits per heavy atom. The van der Waals surface area contributed by atoms with Gasteiger partial charge in [0.05, 0.1) is 0 Å². The molecule has 0 saturated carbocycles. The second kappa shape index (κ2) is 12.7. The molecule has 48 heavy (non-hydrogen) atoms. The zero-order valence-corrected chi connectivity index (χ0v) is 32.4. The van der Waals surface area contributed by atoms with Crippen LogP contribution in [0.4, 0.5) is 0 Å². The van der Waals surface area contributed by atoms with Crippen LogP contribution in [0, 0.1) is 6.92 Å². The molecule has 0 nitrogen and oxygen atoms in total. The van der Waals surface area contributed by atoms with E-state index in [-0.39, 0.29) is 10.8 Å². The Hall–Kier alpha value is -3.67. The average molecular weight is 704 g/mol. The van der Waals surface area contributed by atoms with Crippen molar-refractivity contribution >= 4 is 6.48 Å². The molecule has 5 aromatic rings. The molecule has 2 aliphatic rings. The first-order valence-corrected chi connectivity index (χ1v) is 21.2. The van der Waals surface area contributed by atoms with E-state index in [0.717, 1.165) is 12.8 Å². The van der Waals surface area contributed by atoms with Gasteiger partial charge >= 0.3 is 298 Å². The number of hydrogen-bond donors (Lipinski definition) is 0. The van der Waals surface area contributed by atoms with Crippen LogP contribution in [0.15, 0.2) is 125 Å². The number of benzene rings is 5. The van der Waals surface area contributed by atoms with Crippen LogP contribution in [0.2, 0.25) is 0 Å². The molecular weight excluding hydrogens is 656 g/mol. The van der Waals surface area contributed by atoms with E-state index in [1.807, 2.05) is 0 Å². The van der Waals surface area contributed by atoms with Gasteiger partial charge in [-0.2, -0.15) is 0 Å². The summed E-state index contributed by atoms with van der Waals surface area (Å²) < 4.78 is 4.99. The van der Waals surface area contributed by atoms with Crippen LogP contribution in [0.3, 0.4) is 0 Å². The van der Waals surface area contributed by atoms with E-state index >= 15 is 0 Å². The van der Waals surface area contributed by atoms with Crippen molar-refractivity contribution < 1.29 is 21.3 Å². The molecule has 2 aliphatic carbocycles. The van der Waals surface area contributed by atoms with Gasteiger partial charge < -0.3 is 0 Å². The first kappa shape index (κ1) is 32.9. The van der Waals surface area contributed by atoms with Crippen LogP contribution < -0.4 is 3.27 Å². The summed E-state index contributed by atoms with van der Waals surface area (Å²) in [6.07, 6.45) is 9.22. The molecule has 0 fully saturated rings. The van der Waals surface area contributed by atoms with E-state index in [4.69, 9.17) is 0 Å². The maximum absolute atomic E-state index is 2.71. The van der Waals surface area contributed by atoms with Crippen molar-refractivity contribution in [2.45, 2.75) is 79.1 Å². The molecule has 0 aliphatic heterocycles. The molecule has 5 aromatic carbocycles. The van der Waals surface area contributed by atoms with Gasteiger partial charge in [-0.15, -0.1) is 0 Å². The molecule has 0 radical (unpaired) electrons. The number of fused-ring (bicyclic) bond motifs is 3. The fourth-order valence-corrected chi connectivity index (χ4v) is 15.8. The van der Waals surface area contributed by atoms with Crippen molar-refractivity contribution in [3.8, 4) is 33.4 Å². The molecule has 0 spiro atoms. The molecule has 0 bridgehead atoms. The molecule has 0 heterocycles. The van der Waals surface area contributed by atoms with Crippen molar-refractivity contribution in [3.63, 3.8) is 0 Å². The molecule has 0 unspecified atom stereocenters. The maximum atomic E-state index is 2.60. The number of allylic oxidation sites excluding steroid dienone is 4. The zero-order chi connectivity index (χ0) is 33.8. The van der Waals surface area contributed by atoms with Gasteiger partial charge in [0.25, 0.3) is 0 Å². The number of hydrogen-bond acceptors (Lipinski definition) is 0. The first-order valence-electron chi connectivity index (χ1n) is 17.5. The molecule has 0 amide bonds. The van der Waals surface area contributed by atoms with Gasteiger partial charge in [-0.1, -0.05) is 0 Å². The third-order valence-corrected chi connectivity index (χ3v) is 17.9. The van der Waals surface area contributed by atoms with Gasteiger partial charge in [0.15, 0.2) is 0 Å². The quantitative estimate of drug-likeness (QED) is 0.168. The summed E-state index contributed by atoms with van der Waals surface area (Å²) in [6, 6.07) is 39.4. The summed E-state index contributed by atoms with van der Waals surface area (Å²) in [5, 5.41) is 0. The van der Waals surface area contributed by atoms with Gasteiger partial charge in [-0.05, 0) is 0 Å². The monoisotopic (exact) mass is 702 g/mol. The van der Waals surface area contributed by atoms with Gasteiger partial charge in [0.2, 0.25) is 0 Å². The van der Waals surface area contributed by atoms with Gasteiger partial charge in [-0.25, -0.2) is 0 Å². The molecule has 0 saturated heterocycles. The Labute approximate surface area is 296 Å². The second-order valence-electron chi connectivity index (χ2n) is 15.9. The second-order valence-corrected chi connectivity index (χ2v) is 22.3. The average Bonchev–Trinajstić information content (AvgIpc) is 3.72.